The zero-order chi connectivity index (χ0) is 22.6. The van der Waals surface area contributed by atoms with Crippen molar-refractivity contribution in [2.24, 2.45) is 11.7 Å². The lowest BCUT2D eigenvalue weighted by Crippen LogP contribution is -2.57. The fourth-order valence-corrected chi connectivity index (χ4v) is 2.80. The third kappa shape index (κ3) is 10.7. The van der Waals surface area contributed by atoms with Crippen molar-refractivity contribution in [3.8, 4) is 0 Å². The number of carbonyl (C=O) groups is 5. The van der Waals surface area contributed by atoms with E-state index >= 15 is 0 Å². The summed E-state index contributed by atoms with van der Waals surface area (Å²) in [7, 11) is 0. The van der Waals surface area contributed by atoms with Gasteiger partial charge < -0.3 is 31.9 Å². The van der Waals surface area contributed by atoms with E-state index in [1.165, 1.54) is 11.8 Å². The largest absolute Gasteiger partial charge is 0.481 e. The van der Waals surface area contributed by atoms with Crippen LogP contribution in [0.4, 0.5) is 0 Å². The molecule has 0 aromatic heterocycles. The minimum Gasteiger partial charge on any atom is -0.481 e. The summed E-state index contributed by atoms with van der Waals surface area (Å²) in [6, 6.07) is -3.36. The van der Waals surface area contributed by atoms with E-state index in [0.29, 0.717) is 12.2 Å². The van der Waals surface area contributed by atoms with Crippen molar-refractivity contribution in [2.45, 2.75) is 51.2 Å². The number of hydrogen-bond donors (Lipinski definition) is 6. The quantitative estimate of drug-likeness (QED) is 0.194. The summed E-state index contributed by atoms with van der Waals surface area (Å²) in [5, 5.41) is 25.2. The molecule has 0 fully saturated rings. The van der Waals surface area contributed by atoms with Crippen molar-refractivity contribution in [2.75, 3.05) is 18.6 Å². The van der Waals surface area contributed by atoms with Crippen LogP contribution in [0.2, 0.25) is 0 Å². The fourth-order valence-electron chi connectivity index (χ4n) is 2.33. The maximum atomic E-state index is 12.6. The van der Waals surface area contributed by atoms with Crippen molar-refractivity contribution < 1.29 is 34.2 Å². The van der Waals surface area contributed by atoms with Gasteiger partial charge in [-0.25, -0.2) is 4.79 Å². The molecule has 0 aromatic carbocycles. The molecule has 3 atom stereocenters. The molecule has 3 unspecified atom stereocenters. The molecule has 0 aliphatic rings. The van der Waals surface area contributed by atoms with Gasteiger partial charge in [0.2, 0.25) is 17.7 Å². The molecule has 12 heteroatoms. The molecule has 0 radical (unpaired) electrons. The minimum atomic E-state index is -1.40. The van der Waals surface area contributed by atoms with Gasteiger partial charge in [0.25, 0.3) is 0 Å². The van der Waals surface area contributed by atoms with Gasteiger partial charge in [0.1, 0.15) is 18.1 Å². The second kappa shape index (κ2) is 13.8. The lowest BCUT2D eigenvalue weighted by Gasteiger charge is -2.26. The summed E-state index contributed by atoms with van der Waals surface area (Å²) < 4.78 is 0. The Bertz CT molecular complexity index is 600. The monoisotopic (exact) mass is 434 g/mol. The van der Waals surface area contributed by atoms with Crippen LogP contribution in [-0.2, 0) is 24.0 Å². The summed E-state index contributed by atoms with van der Waals surface area (Å²) in [4.78, 5) is 58.7. The molecular formula is C17H30N4O7S. The van der Waals surface area contributed by atoms with Crippen LogP contribution in [0, 0.1) is 5.92 Å². The number of rotatable bonds is 14. The van der Waals surface area contributed by atoms with E-state index in [-0.39, 0.29) is 18.9 Å². The van der Waals surface area contributed by atoms with Gasteiger partial charge in [0, 0.05) is 6.42 Å². The highest BCUT2D eigenvalue weighted by atomic mass is 32.2. The first-order valence-electron chi connectivity index (χ1n) is 9.07. The third-order valence-electron chi connectivity index (χ3n) is 3.96. The van der Waals surface area contributed by atoms with Crippen LogP contribution < -0.4 is 21.7 Å². The molecule has 0 aliphatic carbocycles. The van der Waals surface area contributed by atoms with Gasteiger partial charge in [0.05, 0.1) is 6.54 Å². The predicted octanol–water partition coefficient (Wildman–Crippen LogP) is -1.24. The van der Waals surface area contributed by atoms with E-state index in [0.717, 1.165) is 0 Å². The molecule has 166 valence electrons. The molecule has 3 amide bonds. The third-order valence-corrected chi connectivity index (χ3v) is 4.60. The first-order chi connectivity index (χ1) is 13.5. The number of carboxylic acid groups (broad SMARTS) is 2. The summed E-state index contributed by atoms with van der Waals surface area (Å²) >= 11 is 1.48. The van der Waals surface area contributed by atoms with Crippen LogP contribution in [-0.4, -0.2) is 76.6 Å². The predicted molar refractivity (Wildman–Crippen MR) is 107 cm³/mol. The first-order valence-corrected chi connectivity index (χ1v) is 10.5. The van der Waals surface area contributed by atoms with Gasteiger partial charge >= 0.3 is 11.9 Å². The Labute approximate surface area is 173 Å². The number of carbonyl (C=O) groups excluding carboxylic acids is 3. The van der Waals surface area contributed by atoms with E-state index in [9.17, 15) is 29.1 Å². The van der Waals surface area contributed by atoms with E-state index < -0.39 is 54.2 Å². The normalized spacial score (nSPS) is 13.8. The number of nitrogens with two attached hydrogens (primary N) is 1. The molecule has 0 saturated carbocycles. The Kier molecular flexibility index (Phi) is 12.7. The minimum absolute atomic E-state index is 0.291. The Balaban J connectivity index is 5.22. The number of amides is 3. The van der Waals surface area contributed by atoms with Crippen LogP contribution in [0.25, 0.3) is 0 Å². The highest BCUT2D eigenvalue weighted by Gasteiger charge is 2.31. The lowest BCUT2D eigenvalue weighted by molar-refractivity contribution is -0.143. The van der Waals surface area contributed by atoms with Gasteiger partial charge in [-0.1, -0.05) is 13.8 Å². The molecule has 11 nitrogen and oxygen atoms in total. The van der Waals surface area contributed by atoms with Crippen molar-refractivity contribution in [3.05, 3.63) is 0 Å². The van der Waals surface area contributed by atoms with Crippen molar-refractivity contribution in [3.63, 3.8) is 0 Å². The maximum Gasteiger partial charge on any atom is 0.326 e. The highest BCUT2D eigenvalue weighted by Crippen LogP contribution is 2.07. The number of carboxylic acids is 2. The van der Waals surface area contributed by atoms with Crippen LogP contribution in [0.15, 0.2) is 0 Å². The zero-order valence-corrected chi connectivity index (χ0v) is 17.6. The molecule has 29 heavy (non-hydrogen) atoms. The topological polar surface area (TPSA) is 188 Å². The molecular weight excluding hydrogens is 404 g/mol. The zero-order valence-electron chi connectivity index (χ0n) is 16.8. The summed E-state index contributed by atoms with van der Waals surface area (Å²) in [6.07, 6.45) is 1.44. The van der Waals surface area contributed by atoms with Gasteiger partial charge in [-0.15, -0.1) is 0 Å². The van der Waals surface area contributed by atoms with Crippen molar-refractivity contribution in [1.29, 1.82) is 0 Å². The molecule has 7 N–H and O–H groups in total. The number of thioether (sulfide) groups is 1. The van der Waals surface area contributed by atoms with Gasteiger partial charge in [-0.05, 0) is 30.8 Å². The van der Waals surface area contributed by atoms with E-state index in [1.807, 2.05) is 6.26 Å². The maximum absolute atomic E-state index is 12.6. The van der Waals surface area contributed by atoms with E-state index in [1.54, 1.807) is 13.8 Å². The lowest BCUT2D eigenvalue weighted by atomic mass is 10.0. The van der Waals surface area contributed by atoms with Crippen LogP contribution in [0.1, 0.15) is 33.1 Å². The van der Waals surface area contributed by atoms with E-state index in [2.05, 4.69) is 16.0 Å². The fraction of sp³-hybridized carbons (Fsp3) is 0.706. The molecule has 0 spiro atoms. The summed E-state index contributed by atoms with van der Waals surface area (Å²) in [5.74, 6) is -4.23. The van der Waals surface area contributed by atoms with Gasteiger partial charge in [0.15, 0.2) is 0 Å². The Morgan fingerprint density at radius 3 is 2.00 bits per heavy atom. The summed E-state index contributed by atoms with van der Waals surface area (Å²) in [5.41, 5.74) is 5.27. The van der Waals surface area contributed by atoms with Crippen LogP contribution in [0.3, 0.4) is 0 Å². The highest BCUT2D eigenvalue weighted by molar-refractivity contribution is 7.98. The first kappa shape index (κ1) is 26.7. The average Bonchev–Trinajstić information content (AvgIpc) is 2.64. The average molecular weight is 435 g/mol. The Hall–Kier alpha value is -2.34. The van der Waals surface area contributed by atoms with E-state index in [4.69, 9.17) is 10.8 Å². The molecule has 0 aromatic rings. The number of hydrogen-bond acceptors (Lipinski definition) is 7. The summed E-state index contributed by atoms with van der Waals surface area (Å²) in [6.45, 7) is 3.03. The second-order valence-corrected chi connectivity index (χ2v) is 7.65. The second-order valence-electron chi connectivity index (χ2n) is 6.67. The van der Waals surface area contributed by atoms with Crippen molar-refractivity contribution in [1.82, 2.24) is 16.0 Å². The number of aliphatic carboxylic acids is 2. The SMILES string of the molecule is CSCCC(NC(=O)CN)C(=O)NC(C(=O)NC(CCC(=O)O)C(=O)O)C(C)C. The standard InChI is InChI=1S/C17H30N4O7S/c1-9(2)14(16(26)20-11(17(27)28)4-5-13(23)24)21-15(25)10(6-7-29-3)19-12(22)8-18/h9-11,14H,4-8,18H2,1-3H3,(H,19,22)(H,20,26)(H,21,25)(H,23,24)(H,27,28). The molecule has 0 saturated heterocycles. The number of nitrogens with one attached hydrogen (secondary N) is 3. The molecule has 0 rings (SSSR count). The Morgan fingerprint density at radius 2 is 1.55 bits per heavy atom. The molecule has 0 aliphatic heterocycles. The van der Waals surface area contributed by atoms with Gasteiger partial charge in [-0.3, -0.25) is 19.2 Å². The molecule has 0 heterocycles. The van der Waals surface area contributed by atoms with Gasteiger partial charge in [-0.2, -0.15) is 11.8 Å². The smallest absolute Gasteiger partial charge is 0.326 e. The van der Waals surface area contributed by atoms with Crippen molar-refractivity contribution >= 4 is 41.4 Å². The Morgan fingerprint density at radius 1 is 0.931 bits per heavy atom. The van der Waals surface area contributed by atoms with Crippen LogP contribution >= 0.6 is 11.8 Å². The molecule has 0 bridgehead atoms. The van der Waals surface area contributed by atoms with Crippen LogP contribution in [0.5, 0.6) is 0 Å².